The molecule has 2 N–H and O–H groups in total. The van der Waals surface area contributed by atoms with Crippen LogP contribution in [0.15, 0.2) is 66.2 Å². The van der Waals surface area contributed by atoms with E-state index in [1.165, 1.54) is 0 Å². The van der Waals surface area contributed by atoms with Crippen molar-refractivity contribution in [2.45, 2.75) is 0 Å². The number of para-hydroxylation sites is 1. The molecule has 3 aromatic heterocycles. The Kier molecular flexibility index (Phi) is 6.77. The van der Waals surface area contributed by atoms with E-state index in [1.807, 2.05) is 48.7 Å². The number of H-pyrrole nitrogens is 1. The van der Waals surface area contributed by atoms with Gasteiger partial charge in [0.05, 0.1) is 25.6 Å². The molecule has 1 aromatic carbocycles. The molecule has 0 radical (unpaired) electrons. The smallest absolute Gasteiger partial charge is 0.320 e. The molecule has 4 aromatic rings. The van der Waals surface area contributed by atoms with Crippen LogP contribution >= 0.6 is 0 Å². The van der Waals surface area contributed by atoms with E-state index in [4.69, 9.17) is 14.2 Å². The van der Waals surface area contributed by atoms with E-state index in [0.717, 1.165) is 35.4 Å². The summed E-state index contributed by atoms with van der Waals surface area (Å²) in [6.45, 7) is 3.44. The Morgan fingerprint density at radius 1 is 1.09 bits per heavy atom. The number of fused-ring (bicyclic) bond motifs is 1. The molecule has 1 saturated heterocycles. The monoisotopic (exact) mass is 459 g/mol. The standard InChI is InChI=1S/C24H25N7O3/c1-2-6-21-20(5-1)18(15-26-21)16-27-30-22-14-23(31-8-10-32-11-9-31)29-24(28-22)34-13-12-33-19-4-3-7-25-17-19/h1-7,14-17,26H,8-13H2,(H,28,29,30)/b27-16-. The van der Waals surface area contributed by atoms with Crippen LogP contribution < -0.4 is 19.8 Å². The summed E-state index contributed by atoms with van der Waals surface area (Å²) in [5.74, 6) is 1.98. The first kappa shape index (κ1) is 21.7. The molecule has 1 aliphatic rings. The van der Waals surface area contributed by atoms with E-state index in [-0.39, 0.29) is 6.01 Å². The lowest BCUT2D eigenvalue weighted by atomic mass is 10.2. The second-order valence-electron chi connectivity index (χ2n) is 7.54. The number of morpholine rings is 1. The van der Waals surface area contributed by atoms with Crippen molar-refractivity contribution < 1.29 is 14.2 Å². The highest BCUT2D eigenvalue weighted by Gasteiger charge is 2.15. The molecule has 4 heterocycles. The van der Waals surface area contributed by atoms with E-state index in [1.54, 1.807) is 18.6 Å². The number of anilines is 2. The Labute approximate surface area is 196 Å². The molecule has 0 bridgehead atoms. The summed E-state index contributed by atoms with van der Waals surface area (Å²) in [5.41, 5.74) is 5.05. The summed E-state index contributed by atoms with van der Waals surface area (Å²) in [6, 6.07) is 13.8. The summed E-state index contributed by atoms with van der Waals surface area (Å²) in [7, 11) is 0. The third-order valence-corrected chi connectivity index (χ3v) is 5.25. The van der Waals surface area contributed by atoms with Gasteiger partial charge in [0.25, 0.3) is 0 Å². The van der Waals surface area contributed by atoms with Crippen LogP contribution in [-0.4, -0.2) is 65.7 Å². The van der Waals surface area contributed by atoms with E-state index < -0.39 is 0 Å². The molecule has 0 spiro atoms. The third-order valence-electron chi connectivity index (χ3n) is 5.25. The van der Waals surface area contributed by atoms with Crippen LogP contribution in [0.25, 0.3) is 10.9 Å². The number of ether oxygens (including phenoxy) is 3. The fourth-order valence-corrected chi connectivity index (χ4v) is 3.58. The number of rotatable bonds is 9. The zero-order chi connectivity index (χ0) is 23.0. The van der Waals surface area contributed by atoms with Gasteiger partial charge in [-0.15, -0.1) is 0 Å². The number of benzene rings is 1. The fraction of sp³-hybridized carbons (Fsp3) is 0.250. The van der Waals surface area contributed by atoms with Crippen LogP contribution in [0.5, 0.6) is 11.8 Å². The normalized spacial score (nSPS) is 13.9. The van der Waals surface area contributed by atoms with Crippen LogP contribution in [0.3, 0.4) is 0 Å². The average Bonchev–Trinajstić information content (AvgIpc) is 3.31. The largest absolute Gasteiger partial charge is 0.488 e. The molecule has 5 rings (SSSR count). The molecule has 1 fully saturated rings. The molecule has 174 valence electrons. The van der Waals surface area contributed by atoms with E-state index in [9.17, 15) is 0 Å². The minimum Gasteiger partial charge on any atom is -0.488 e. The Balaban J connectivity index is 1.27. The van der Waals surface area contributed by atoms with Gasteiger partial charge in [0.1, 0.15) is 24.8 Å². The zero-order valence-corrected chi connectivity index (χ0v) is 18.6. The number of aromatic nitrogens is 4. The first-order chi connectivity index (χ1) is 16.8. The first-order valence-electron chi connectivity index (χ1n) is 11.1. The third kappa shape index (κ3) is 5.41. The minimum absolute atomic E-state index is 0.253. The summed E-state index contributed by atoms with van der Waals surface area (Å²) < 4.78 is 16.9. The molecule has 0 aliphatic carbocycles. The highest BCUT2D eigenvalue weighted by molar-refractivity contribution is 5.99. The van der Waals surface area contributed by atoms with Gasteiger partial charge in [-0.25, -0.2) is 0 Å². The van der Waals surface area contributed by atoms with Crippen molar-refractivity contribution in [1.29, 1.82) is 0 Å². The average molecular weight is 460 g/mol. The Hall–Kier alpha value is -4.18. The quantitative estimate of drug-likeness (QED) is 0.223. The summed E-state index contributed by atoms with van der Waals surface area (Å²) in [6.07, 6.45) is 7.04. The SMILES string of the molecule is C(=N/Nc1cc(N2CCOCC2)nc(OCCOc2cccnc2)n1)/c1c[nH]c2ccccc12. The Bertz CT molecular complexity index is 1240. The van der Waals surface area contributed by atoms with Crippen LogP contribution in [0.4, 0.5) is 11.6 Å². The molecule has 0 atom stereocenters. The summed E-state index contributed by atoms with van der Waals surface area (Å²) in [4.78, 5) is 18.4. The maximum absolute atomic E-state index is 5.79. The second-order valence-corrected chi connectivity index (χ2v) is 7.54. The van der Waals surface area contributed by atoms with Crippen molar-refractivity contribution in [3.05, 3.63) is 66.6 Å². The number of aromatic amines is 1. The van der Waals surface area contributed by atoms with Gasteiger partial charge in [0.2, 0.25) is 0 Å². The van der Waals surface area contributed by atoms with Crippen LogP contribution in [0, 0.1) is 0 Å². The molecule has 10 nitrogen and oxygen atoms in total. The number of hydrogen-bond donors (Lipinski definition) is 2. The fourth-order valence-electron chi connectivity index (χ4n) is 3.58. The lowest BCUT2D eigenvalue weighted by molar-refractivity contribution is 0.122. The minimum atomic E-state index is 0.253. The molecule has 34 heavy (non-hydrogen) atoms. The number of nitrogens with zero attached hydrogens (tertiary/aromatic N) is 5. The number of hydrazone groups is 1. The van der Waals surface area contributed by atoms with Crippen molar-refractivity contribution >= 4 is 28.8 Å². The Morgan fingerprint density at radius 3 is 2.85 bits per heavy atom. The summed E-state index contributed by atoms with van der Waals surface area (Å²) in [5, 5.41) is 5.48. The van der Waals surface area contributed by atoms with Gasteiger partial charge in [-0.05, 0) is 18.2 Å². The van der Waals surface area contributed by atoms with Gasteiger partial charge in [0, 0.05) is 48.0 Å². The predicted molar refractivity (Wildman–Crippen MR) is 130 cm³/mol. The summed E-state index contributed by atoms with van der Waals surface area (Å²) >= 11 is 0. The van der Waals surface area contributed by atoms with E-state index >= 15 is 0 Å². The van der Waals surface area contributed by atoms with Crippen molar-refractivity contribution in [3.63, 3.8) is 0 Å². The molecule has 10 heteroatoms. The molecule has 0 saturated carbocycles. The van der Waals surface area contributed by atoms with E-state index in [0.29, 0.717) is 38.0 Å². The highest BCUT2D eigenvalue weighted by atomic mass is 16.5. The molecule has 0 unspecified atom stereocenters. The van der Waals surface area contributed by atoms with Gasteiger partial charge >= 0.3 is 6.01 Å². The maximum atomic E-state index is 5.79. The van der Waals surface area contributed by atoms with Crippen LogP contribution in [0.2, 0.25) is 0 Å². The number of hydrogen-bond acceptors (Lipinski definition) is 9. The molecular weight excluding hydrogens is 434 g/mol. The first-order valence-corrected chi connectivity index (χ1v) is 11.1. The maximum Gasteiger partial charge on any atom is 0.320 e. The predicted octanol–water partition coefficient (Wildman–Crippen LogP) is 3.09. The van der Waals surface area contributed by atoms with Gasteiger partial charge in [-0.1, -0.05) is 18.2 Å². The topological polar surface area (TPSA) is 110 Å². The van der Waals surface area contributed by atoms with Crippen molar-refractivity contribution in [1.82, 2.24) is 19.9 Å². The molecule has 1 aliphatic heterocycles. The van der Waals surface area contributed by atoms with Gasteiger partial charge < -0.3 is 24.1 Å². The van der Waals surface area contributed by atoms with Crippen LogP contribution in [0.1, 0.15) is 5.56 Å². The van der Waals surface area contributed by atoms with Crippen molar-refractivity contribution in [2.24, 2.45) is 5.10 Å². The second kappa shape index (κ2) is 10.6. The van der Waals surface area contributed by atoms with Crippen LogP contribution in [-0.2, 0) is 4.74 Å². The zero-order valence-electron chi connectivity index (χ0n) is 18.6. The highest BCUT2D eigenvalue weighted by Crippen LogP contribution is 2.21. The molecular formula is C24H25N7O3. The Morgan fingerprint density at radius 2 is 1.97 bits per heavy atom. The lowest BCUT2D eigenvalue weighted by Gasteiger charge is -2.28. The number of pyridine rings is 1. The van der Waals surface area contributed by atoms with Gasteiger partial charge in [0.15, 0.2) is 5.82 Å². The van der Waals surface area contributed by atoms with Gasteiger partial charge in [-0.2, -0.15) is 15.1 Å². The number of nitrogens with one attached hydrogen (secondary N) is 2. The van der Waals surface area contributed by atoms with Crippen molar-refractivity contribution in [2.75, 3.05) is 49.8 Å². The van der Waals surface area contributed by atoms with Gasteiger partial charge in [-0.3, -0.25) is 10.4 Å². The lowest BCUT2D eigenvalue weighted by Crippen LogP contribution is -2.36. The molecule has 0 amide bonds. The van der Waals surface area contributed by atoms with E-state index in [2.05, 4.69) is 35.4 Å². The van der Waals surface area contributed by atoms with Crippen molar-refractivity contribution in [3.8, 4) is 11.8 Å².